The van der Waals surface area contributed by atoms with Crippen molar-refractivity contribution in [3.63, 3.8) is 0 Å². The number of aryl methyl sites for hydroxylation is 1. The number of hydrogen-bond acceptors (Lipinski definition) is 3. The van der Waals surface area contributed by atoms with Crippen molar-refractivity contribution < 1.29 is 9.13 Å². The van der Waals surface area contributed by atoms with Gasteiger partial charge < -0.3 is 10.1 Å². The predicted octanol–water partition coefficient (Wildman–Crippen LogP) is 4.53. The summed E-state index contributed by atoms with van der Waals surface area (Å²) < 4.78 is 18.9. The van der Waals surface area contributed by atoms with Crippen molar-refractivity contribution in [3.05, 3.63) is 47.8 Å². The number of halogens is 1. The van der Waals surface area contributed by atoms with Gasteiger partial charge in [-0.25, -0.2) is 4.39 Å². The van der Waals surface area contributed by atoms with E-state index >= 15 is 0 Å². The van der Waals surface area contributed by atoms with Crippen molar-refractivity contribution in [2.75, 3.05) is 5.32 Å². The van der Waals surface area contributed by atoms with Crippen molar-refractivity contribution in [2.45, 2.75) is 33.2 Å². The average Bonchev–Trinajstić information content (AvgIpc) is 2.32. The number of aromatic nitrogens is 1. The van der Waals surface area contributed by atoms with E-state index in [4.69, 9.17) is 4.74 Å². The van der Waals surface area contributed by atoms with Crippen LogP contribution in [-0.4, -0.2) is 10.5 Å². The Balaban J connectivity index is 2.21. The Morgan fingerprint density at radius 2 is 1.90 bits per heavy atom. The largest absolute Gasteiger partial charge is 0.439 e. The molecule has 2 rings (SSSR count). The molecule has 2 aromatic rings. The van der Waals surface area contributed by atoms with E-state index in [1.165, 1.54) is 12.1 Å². The van der Waals surface area contributed by atoms with E-state index in [1.54, 1.807) is 12.1 Å². The number of rotatable bonds is 3. The Morgan fingerprint density at radius 3 is 2.60 bits per heavy atom. The second-order valence-corrected chi connectivity index (χ2v) is 5.75. The molecular formula is C16H19FN2O. The maximum Gasteiger partial charge on any atom is 0.221 e. The summed E-state index contributed by atoms with van der Waals surface area (Å²) in [5.41, 5.74) is 0.780. The van der Waals surface area contributed by atoms with Crippen LogP contribution in [0.3, 0.4) is 0 Å². The lowest BCUT2D eigenvalue weighted by Crippen LogP contribution is -2.26. The Morgan fingerprint density at radius 1 is 1.15 bits per heavy atom. The minimum atomic E-state index is -0.324. The molecule has 0 saturated carbocycles. The highest BCUT2D eigenvalue weighted by Gasteiger charge is 2.11. The topological polar surface area (TPSA) is 34.1 Å². The number of ether oxygens (including phenoxy) is 1. The Kier molecular flexibility index (Phi) is 3.93. The van der Waals surface area contributed by atoms with E-state index in [0.29, 0.717) is 11.6 Å². The first-order valence-corrected chi connectivity index (χ1v) is 6.53. The fourth-order valence-corrected chi connectivity index (χ4v) is 1.72. The summed E-state index contributed by atoms with van der Waals surface area (Å²) in [6.07, 6.45) is 0. The molecule has 4 heteroatoms. The monoisotopic (exact) mass is 274 g/mol. The first-order chi connectivity index (χ1) is 9.33. The van der Waals surface area contributed by atoms with Crippen molar-refractivity contribution in [1.29, 1.82) is 0 Å². The Labute approximate surface area is 118 Å². The molecule has 0 aliphatic rings. The Hall–Kier alpha value is -2.10. The van der Waals surface area contributed by atoms with Gasteiger partial charge in [-0.2, -0.15) is 4.98 Å². The number of nitrogens with one attached hydrogen (secondary N) is 1. The van der Waals surface area contributed by atoms with Gasteiger partial charge in [0.05, 0.1) is 0 Å². The normalized spacial score (nSPS) is 11.2. The number of pyridine rings is 1. The van der Waals surface area contributed by atoms with Crippen LogP contribution in [0.1, 0.15) is 26.3 Å². The molecule has 0 amide bonds. The minimum absolute atomic E-state index is 0.0829. The standard InChI is InChI=1S/C16H19FN2O/c1-11-8-9-12(17)10-13(11)20-15-7-5-6-14(18-15)19-16(2,3)4/h5-10H,1-4H3,(H,18,19). The number of nitrogens with zero attached hydrogens (tertiary/aromatic N) is 1. The van der Waals surface area contributed by atoms with Crippen LogP contribution in [0, 0.1) is 12.7 Å². The highest BCUT2D eigenvalue weighted by molar-refractivity contribution is 5.41. The van der Waals surface area contributed by atoms with Gasteiger partial charge in [-0.3, -0.25) is 0 Å². The first kappa shape index (κ1) is 14.3. The highest BCUT2D eigenvalue weighted by atomic mass is 19.1. The van der Waals surface area contributed by atoms with Crippen LogP contribution in [0.5, 0.6) is 11.6 Å². The van der Waals surface area contributed by atoms with Gasteiger partial charge in [-0.15, -0.1) is 0 Å². The van der Waals surface area contributed by atoms with Gasteiger partial charge >= 0.3 is 0 Å². The van der Waals surface area contributed by atoms with Crippen LogP contribution in [-0.2, 0) is 0 Å². The maximum absolute atomic E-state index is 13.2. The van der Waals surface area contributed by atoms with Crippen molar-refractivity contribution in [2.24, 2.45) is 0 Å². The van der Waals surface area contributed by atoms with Crippen LogP contribution >= 0.6 is 0 Å². The molecule has 106 valence electrons. The minimum Gasteiger partial charge on any atom is -0.439 e. The average molecular weight is 274 g/mol. The van der Waals surface area contributed by atoms with Crippen molar-refractivity contribution >= 4 is 5.82 Å². The van der Waals surface area contributed by atoms with E-state index in [1.807, 2.05) is 19.1 Å². The first-order valence-electron chi connectivity index (χ1n) is 6.53. The Bertz CT molecular complexity index is 606. The predicted molar refractivity (Wildman–Crippen MR) is 78.8 cm³/mol. The maximum atomic E-state index is 13.2. The lowest BCUT2D eigenvalue weighted by molar-refractivity contribution is 0.454. The summed E-state index contributed by atoms with van der Waals surface area (Å²) in [6.45, 7) is 8.03. The molecule has 3 nitrogen and oxygen atoms in total. The summed E-state index contributed by atoms with van der Waals surface area (Å²) >= 11 is 0. The highest BCUT2D eigenvalue weighted by Crippen LogP contribution is 2.25. The van der Waals surface area contributed by atoms with Gasteiger partial charge in [0, 0.05) is 17.7 Å². The summed E-state index contributed by atoms with van der Waals surface area (Å²) in [5, 5.41) is 3.27. The van der Waals surface area contributed by atoms with Gasteiger partial charge in [0.2, 0.25) is 5.88 Å². The molecule has 1 N–H and O–H groups in total. The molecule has 20 heavy (non-hydrogen) atoms. The zero-order chi connectivity index (χ0) is 14.8. The number of anilines is 1. The van der Waals surface area contributed by atoms with Gasteiger partial charge in [0.1, 0.15) is 17.4 Å². The van der Waals surface area contributed by atoms with Crippen LogP contribution in [0.25, 0.3) is 0 Å². The van der Waals surface area contributed by atoms with Crippen molar-refractivity contribution in [1.82, 2.24) is 4.98 Å². The molecule has 0 radical (unpaired) electrons. The molecule has 1 aromatic heterocycles. The van der Waals surface area contributed by atoms with E-state index in [0.717, 1.165) is 11.4 Å². The van der Waals surface area contributed by atoms with Crippen LogP contribution in [0.4, 0.5) is 10.2 Å². The fraction of sp³-hybridized carbons (Fsp3) is 0.312. The fourth-order valence-electron chi connectivity index (χ4n) is 1.72. The molecule has 0 unspecified atom stereocenters. The molecule has 1 aromatic carbocycles. The van der Waals surface area contributed by atoms with E-state index in [-0.39, 0.29) is 11.4 Å². The lowest BCUT2D eigenvalue weighted by Gasteiger charge is -2.21. The van der Waals surface area contributed by atoms with Crippen LogP contribution in [0.15, 0.2) is 36.4 Å². The SMILES string of the molecule is Cc1ccc(F)cc1Oc1cccc(NC(C)(C)C)n1. The lowest BCUT2D eigenvalue weighted by atomic mass is 10.1. The third-order valence-corrected chi connectivity index (χ3v) is 2.59. The molecule has 0 saturated heterocycles. The number of hydrogen-bond donors (Lipinski definition) is 1. The molecular weight excluding hydrogens is 255 g/mol. The van der Waals surface area contributed by atoms with Crippen LogP contribution < -0.4 is 10.1 Å². The van der Waals surface area contributed by atoms with E-state index in [2.05, 4.69) is 31.1 Å². The van der Waals surface area contributed by atoms with Crippen LogP contribution in [0.2, 0.25) is 0 Å². The number of benzene rings is 1. The molecule has 0 fully saturated rings. The molecule has 0 aliphatic carbocycles. The molecule has 0 aliphatic heterocycles. The molecule has 0 bridgehead atoms. The van der Waals surface area contributed by atoms with Gasteiger partial charge in [0.25, 0.3) is 0 Å². The van der Waals surface area contributed by atoms with Gasteiger partial charge in [-0.1, -0.05) is 12.1 Å². The van der Waals surface area contributed by atoms with E-state index in [9.17, 15) is 4.39 Å². The second-order valence-electron chi connectivity index (χ2n) is 5.75. The molecule has 0 atom stereocenters. The summed E-state index contributed by atoms with van der Waals surface area (Å²) in [6, 6.07) is 9.93. The third kappa shape index (κ3) is 3.95. The van der Waals surface area contributed by atoms with Gasteiger partial charge in [0.15, 0.2) is 0 Å². The quantitative estimate of drug-likeness (QED) is 0.892. The third-order valence-electron chi connectivity index (χ3n) is 2.59. The zero-order valence-corrected chi connectivity index (χ0v) is 12.2. The summed E-state index contributed by atoms with van der Waals surface area (Å²) in [4.78, 5) is 4.37. The summed E-state index contributed by atoms with van der Waals surface area (Å²) in [5.74, 6) is 1.32. The summed E-state index contributed by atoms with van der Waals surface area (Å²) in [7, 11) is 0. The van der Waals surface area contributed by atoms with Crippen molar-refractivity contribution in [3.8, 4) is 11.6 Å². The second kappa shape index (κ2) is 5.49. The smallest absolute Gasteiger partial charge is 0.221 e. The molecule has 0 spiro atoms. The van der Waals surface area contributed by atoms with Gasteiger partial charge in [-0.05, 0) is 45.4 Å². The zero-order valence-electron chi connectivity index (χ0n) is 12.2. The van der Waals surface area contributed by atoms with E-state index < -0.39 is 0 Å². The molecule has 1 heterocycles.